The molecule has 25 heavy (non-hydrogen) atoms. The standard InChI is InChI=1S/C17H13ClN2O3S2/c1-24-9-4-2-8(3-5-9)16(23)20-17-12(15(19)22)10-6-7-11(21)13(18)14(10)25-17/h2-7,21H,1H3,(H2,19,22)(H,20,23). The lowest BCUT2D eigenvalue weighted by molar-refractivity contribution is 0.100. The normalized spacial score (nSPS) is 10.8. The highest BCUT2D eigenvalue weighted by Crippen LogP contribution is 2.42. The number of hydrogen-bond acceptors (Lipinski definition) is 5. The zero-order valence-corrected chi connectivity index (χ0v) is 15.4. The Labute approximate surface area is 156 Å². The summed E-state index contributed by atoms with van der Waals surface area (Å²) in [5.74, 6) is -1.14. The molecule has 8 heteroatoms. The summed E-state index contributed by atoms with van der Waals surface area (Å²) in [4.78, 5) is 25.4. The first-order valence-electron chi connectivity index (χ1n) is 7.11. The number of phenols is 1. The van der Waals surface area contributed by atoms with Crippen LogP contribution in [-0.4, -0.2) is 23.2 Å². The number of halogens is 1. The van der Waals surface area contributed by atoms with E-state index in [1.807, 2.05) is 18.4 Å². The molecule has 0 aliphatic heterocycles. The van der Waals surface area contributed by atoms with E-state index in [9.17, 15) is 14.7 Å². The van der Waals surface area contributed by atoms with Gasteiger partial charge in [-0.3, -0.25) is 9.59 Å². The minimum Gasteiger partial charge on any atom is -0.506 e. The van der Waals surface area contributed by atoms with Crippen molar-refractivity contribution in [2.75, 3.05) is 11.6 Å². The van der Waals surface area contributed by atoms with Crippen LogP contribution in [0.3, 0.4) is 0 Å². The summed E-state index contributed by atoms with van der Waals surface area (Å²) in [6, 6.07) is 10.0. The summed E-state index contributed by atoms with van der Waals surface area (Å²) in [5.41, 5.74) is 6.11. The van der Waals surface area contributed by atoms with Crippen LogP contribution >= 0.6 is 34.7 Å². The molecule has 0 fully saturated rings. The van der Waals surface area contributed by atoms with Crippen LogP contribution in [-0.2, 0) is 0 Å². The first-order valence-corrected chi connectivity index (χ1v) is 9.53. The molecule has 0 saturated heterocycles. The summed E-state index contributed by atoms with van der Waals surface area (Å²) in [6.45, 7) is 0. The Morgan fingerprint density at radius 3 is 2.48 bits per heavy atom. The smallest absolute Gasteiger partial charge is 0.256 e. The second-order valence-electron chi connectivity index (χ2n) is 5.13. The molecular formula is C17H13ClN2O3S2. The van der Waals surface area contributed by atoms with Gasteiger partial charge in [0.25, 0.3) is 11.8 Å². The van der Waals surface area contributed by atoms with Gasteiger partial charge in [0.1, 0.15) is 15.8 Å². The number of phenolic OH excluding ortho intramolecular Hbond substituents is 1. The number of aromatic hydroxyl groups is 1. The van der Waals surface area contributed by atoms with Crippen LogP contribution in [0, 0.1) is 0 Å². The van der Waals surface area contributed by atoms with Crippen LogP contribution in [0.2, 0.25) is 5.02 Å². The van der Waals surface area contributed by atoms with E-state index in [1.165, 1.54) is 6.07 Å². The number of thiophene rings is 1. The molecule has 0 atom stereocenters. The zero-order valence-electron chi connectivity index (χ0n) is 13.0. The van der Waals surface area contributed by atoms with Gasteiger partial charge in [0, 0.05) is 15.8 Å². The van der Waals surface area contributed by atoms with E-state index < -0.39 is 5.91 Å². The summed E-state index contributed by atoms with van der Waals surface area (Å²) in [7, 11) is 0. The van der Waals surface area contributed by atoms with Gasteiger partial charge in [-0.2, -0.15) is 0 Å². The lowest BCUT2D eigenvalue weighted by Gasteiger charge is -2.05. The van der Waals surface area contributed by atoms with Gasteiger partial charge in [-0.05, 0) is 42.7 Å². The van der Waals surface area contributed by atoms with Gasteiger partial charge >= 0.3 is 0 Å². The van der Waals surface area contributed by atoms with Gasteiger partial charge < -0.3 is 16.2 Å². The van der Waals surface area contributed by atoms with Crippen molar-refractivity contribution < 1.29 is 14.7 Å². The Kier molecular flexibility index (Phi) is 4.89. The average Bonchev–Trinajstić information content (AvgIpc) is 2.97. The minimum absolute atomic E-state index is 0.100. The van der Waals surface area contributed by atoms with E-state index >= 15 is 0 Å². The van der Waals surface area contributed by atoms with Gasteiger partial charge in [0.05, 0.1) is 10.3 Å². The van der Waals surface area contributed by atoms with E-state index in [2.05, 4.69) is 5.32 Å². The molecule has 1 heterocycles. The largest absolute Gasteiger partial charge is 0.506 e. The van der Waals surface area contributed by atoms with Crippen molar-refractivity contribution in [3.63, 3.8) is 0 Å². The summed E-state index contributed by atoms with van der Waals surface area (Å²) in [6.07, 6.45) is 1.95. The molecule has 128 valence electrons. The van der Waals surface area contributed by atoms with Crippen molar-refractivity contribution in [3.8, 4) is 5.75 Å². The monoisotopic (exact) mass is 392 g/mol. The molecule has 0 saturated carbocycles. The SMILES string of the molecule is CSc1ccc(C(=O)Nc2sc3c(Cl)c(O)ccc3c2C(N)=O)cc1. The highest BCUT2D eigenvalue weighted by Gasteiger charge is 2.21. The van der Waals surface area contributed by atoms with E-state index in [-0.39, 0.29) is 22.2 Å². The number of hydrogen-bond donors (Lipinski definition) is 3. The summed E-state index contributed by atoms with van der Waals surface area (Å²) < 4.78 is 0.489. The van der Waals surface area contributed by atoms with E-state index in [1.54, 1.807) is 30.0 Å². The molecule has 0 aliphatic carbocycles. The molecule has 0 spiro atoms. The van der Waals surface area contributed by atoms with Crippen molar-refractivity contribution in [1.29, 1.82) is 0 Å². The molecule has 5 nitrogen and oxygen atoms in total. The molecule has 0 bridgehead atoms. The van der Waals surface area contributed by atoms with Crippen molar-refractivity contribution in [2.24, 2.45) is 5.73 Å². The third-order valence-corrected chi connectivity index (χ3v) is 5.98. The van der Waals surface area contributed by atoms with Crippen molar-refractivity contribution in [1.82, 2.24) is 0 Å². The molecular weight excluding hydrogens is 380 g/mol. The predicted octanol–water partition coefficient (Wildman–Crippen LogP) is 4.33. The minimum atomic E-state index is -0.680. The molecule has 2 aromatic carbocycles. The Morgan fingerprint density at radius 2 is 1.88 bits per heavy atom. The molecule has 2 amide bonds. The Bertz CT molecular complexity index is 984. The number of thioether (sulfide) groups is 1. The van der Waals surface area contributed by atoms with Crippen LogP contribution in [0.4, 0.5) is 5.00 Å². The van der Waals surface area contributed by atoms with E-state index in [0.29, 0.717) is 20.7 Å². The highest BCUT2D eigenvalue weighted by molar-refractivity contribution is 7.98. The Morgan fingerprint density at radius 1 is 1.20 bits per heavy atom. The maximum Gasteiger partial charge on any atom is 0.256 e. The Balaban J connectivity index is 2.02. The molecule has 4 N–H and O–H groups in total. The number of fused-ring (bicyclic) bond motifs is 1. The van der Waals surface area contributed by atoms with Gasteiger partial charge in [-0.15, -0.1) is 23.1 Å². The number of anilines is 1. The first kappa shape index (κ1) is 17.6. The number of primary amides is 1. The number of nitrogens with two attached hydrogens (primary N) is 1. The highest BCUT2D eigenvalue weighted by atomic mass is 35.5. The third-order valence-electron chi connectivity index (χ3n) is 3.60. The fourth-order valence-corrected chi connectivity index (χ4v) is 4.19. The number of amides is 2. The fourth-order valence-electron chi connectivity index (χ4n) is 2.37. The molecule has 1 aromatic heterocycles. The van der Waals surface area contributed by atoms with Gasteiger partial charge in [0.15, 0.2) is 0 Å². The molecule has 0 unspecified atom stereocenters. The van der Waals surface area contributed by atoms with Crippen LogP contribution in [0.15, 0.2) is 41.3 Å². The first-order chi connectivity index (χ1) is 11.9. The van der Waals surface area contributed by atoms with Crippen LogP contribution in [0.25, 0.3) is 10.1 Å². The number of benzene rings is 2. The second-order valence-corrected chi connectivity index (χ2v) is 7.41. The maximum absolute atomic E-state index is 12.5. The molecule has 3 rings (SSSR count). The maximum atomic E-state index is 12.5. The lowest BCUT2D eigenvalue weighted by Crippen LogP contribution is -2.16. The third kappa shape index (κ3) is 3.30. The van der Waals surface area contributed by atoms with E-state index in [4.69, 9.17) is 17.3 Å². The van der Waals surface area contributed by atoms with Crippen molar-refractivity contribution in [3.05, 3.63) is 52.5 Å². The van der Waals surface area contributed by atoms with Gasteiger partial charge in [0.2, 0.25) is 0 Å². The molecule has 3 aromatic rings. The average molecular weight is 393 g/mol. The van der Waals surface area contributed by atoms with Crippen LogP contribution < -0.4 is 11.1 Å². The fraction of sp³-hybridized carbons (Fsp3) is 0.0588. The lowest BCUT2D eigenvalue weighted by atomic mass is 10.1. The molecule has 0 radical (unpaired) electrons. The zero-order chi connectivity index (χ0) is 18.1. The summed E-state index contributed by atoms with van der Waals surface area (Å²) >= 11 is 8.77. The van der Waals surface area contributed by atoms with Crippen molar-refractivity contribution in [2.45, 2.75) is 4.90 Å². The number of rotatable bonds is 4. The van der Waals surface area contributed by atoms with Gasteiger partial charge in [-0.1, -0.05) is 11.6 Å². The number of nitrogens with one attached hydrogen (secondary N) is 1. The van der Waals surface area contributed by atoms with Gasteiger partial charge in [-0.25, -0.2) is 0 Å². The molecule has 0 aliphatic rings. The van der Waals surface area contributed by atoms with Crippen molar-refractivity contribution >= 4 is 61.6 Å². The number of carbonyl (C=O) groups is 2. The Hall–Kier alpha value is -2.22. The summed E-state index contributed by atoms with van der Waals surface area (Å²) in [5, 5.41) is 13.4. The topological polar surface area (TPSA) is 92.4 Å². The quantitative estimate of drug-likeness (QED) is 0.576. The predicted molar refractivity (Wildman–Crippen MR) is 103 cm³/mol. The van der Waals surface area contributed by atoms with Crippen LogP contribution in [0.5, 0.6) is 5.75 Å². The van der Waals surface area contributed by atoms with Crippen LogP contribution in [0.1, 0.15) is 20.7 Å². The van der Waals surface area contributed by atoms with E-state index in [0.717, 1.165) is 16.2 Å². The number of carbonyl (C=O) groups excluding carboxylic acids is 2. The second kappa shape index (κ2) is 6.95.